The molecule has 188 valence electrons. The Bertz CT molecular complexity index is 1430. The van der Waals surface area contributed by atoms with E-state index < -0.39 is 0 Å². The van der Waals surface area contributed by atoms with Gasteiger partial charge in [0.1, 0.15) is 11.4 Å². The lowest BCUT2D eigenvalue weighted by atomic mass is 10.0. The van der Waals surface area contributed by atoms with E-state index in [-0.39, 0.29) is 18.0 Å². The molecule has 0 aliphatic carbocycles. The summed E-state index contributed by atoms with van der Waals surface area (Å²) in [5.74, 6) is 1.14. The molecule has 0 fully saturated rings. The van der Waals surface area contributed by atoms with Crippen molar-refractivity contribution in [3.05, 3.63) is 74.6 Å². The van der Waals surface area contributed by atoms with E-state index in [2.05, 4.69) is 10.3 Å². The maximum atomic E-state index is 13.3. The smallest absolute Gasteiger partial charge is 0.263 e. The first-order valence-electron chi connectivity index (χ1n) is 11.8. The molecule has 1 amide bonds. The van der Waals surface area contributed by atoms with Gasteiger partial charge in [0.05, 0.1) is 24.9 Å². The van der Waals surface area contributed by atoms with E-state index in [1.54, 1.807) is 12.1 Å². The minimum absolute atomic E-state index is 0.107. The first kappa shape index (κ1) is 25.7. The Morgan fingerprint density at radius 3 is 2.53 bits per heavy atom. The van der Waals surface area contributed by atoms with Gasteiger partial charge in [0, 0.05) is 22.0 Å². The number of fused-ring (bicyclic) bond motifs is 1. The third-order valence-electron chi connectivity index (χ3n) is 5.65. The quantitative estimate of drug-likeness (QED) is 0.306. The number of rotatable bonds is 10. The summed E-state index contributed by atoms with van der Waals surface area (Å²) < 4.78 is 12.6. The molecular weight excluding hydrogens is 498 g/mol. The van der Waals surface area contributed by atoms with E-state index in [1.165, 1.54) is 22.2 Å². The van der Waals surface area contributed by atoms with Crippen LogP contribution in [0.2, 0.25) is 5.02 Å². The Morgan fingerprint density at radius 2 is 1.81 bits per heavy atom. The van der Waals surface area contributed by atoms with Crippen molar-refractivity contribution in [2.45, 2.75) is 33.7 Å². The molecule has 1 N–H and O–H groups in total. The van der Waals surface area contributed by atoms with Crippen LogP contribution in [0.15, 0.2) is 53.6 Å². The number of nitrogens with zero attached hydrogens (tertiary/aromatic N) is 2. The van der Waals surface area contributed by atoms with Crippen molar-refractivity contribution in [2.24, 2.45) is 0 Å². The number of carbonyl (C=O) groups is 1. The Balaban J connectivity index is 1.46. The highest BCUT2D eigenvalue weighted by atomic mass is 35.5. The second-order valence-electron chi connectivity index (χ2n) is 8.14. The van der Waals surface area contributed by atoms with E-state index in [1.807, 2.05) is 51.1 Å². The van der Waals surface area contributed by atoms with Gasteiger partial charge in [0.15, 0.2) is 11.5 Å². The molecule has 0 unspecified atom stereocenters. The van der Waals surface area contributed by atoms with E-state index in [4.69, 9.17) is 21.1 Å². The first-order valence-corrected chi connectivity index (χ1v) is 13.0. The number of thiophene rings is 1. The number of amides is 1. The zero-order valence-electron chi connectivity index (χ0n) is 20.5. The van der Waals surface area contributed by atoms with Gasteiger partial charge >= 0.3 is 0 Å². The molecule has 0 atom stereocenters. The van der Waals surface area contributed by atoms with Gasteiger partial charge in [0.2, 0.25) is 5.91 Å². The average molecular weight is 526 g/mol. The Labute approximate surface area is 218 Å². The molecule has 0 aliphatic heterocycles. The largest absolute Gasteiger partial charge is 0.490 e. The van der Waals surface area contributed by atoms with Gasteiger partial charge in [-0.25, -0.2) is 4.98 Å². The number of halogens is 1. The Kier molecular flexibility index (Phi) is 8.28. The molecule has 0 bridgehead atoms. The van der Waals surface area contributed by atoms with Gasteiger partial charge in [-0.1, -0.05) is 29.8 Å². The highest BCUT2D eigenvalue weighted by Gasteiger charge is 2.18. The monoisotopic (exact) mass is 525 g/mol. The fourth-order valence-corrected chi connectivity index (χ4v) is 5.15. The molecule has 7 nitrogen and oxygen atoms in total. The molecule has 0 saturated heterocycles. The molecular formula is C27H28ClN3O4S. The molecule has 2 aromatic heterocycles. The van der Waals surface area contributed by atoms with Crippen LogP contribution >= 0.6 is 22.9 Å². The highest BCUT2D eigenvalue weighted by molar-refractivity contribution is 7.19. The van der Waals surface area contributed by atoms with Crippen LogP contribution in [0, 0.1) is 6.92 Å². The van der Waals surface area contributed by atoms with Crippen LogP contribution in [-0.2, 0) is 17.8 Å². The maximum Gasteiger partial charge on any atom is 0.263 e. The third kappa shape index (κ3) is 5.71. The minimum Gasteiger partial charge on any atom is -0.490 e. The predicted molar refractivity (Wildman–Crippen MR) is 145 cm³/mol. The van der Waals surface area contributed by atoms with E-state index >= 15 is 0 Å². The van der Waals surface area contributed by atoms with Gasteiger partial charge in [-0.05, 0) is 62.6 Å². The van der Waals surface area contributed by atoms with Crippen molar-refractivity contribution in [1.82, 2.24) is 14.9 Å². The second kappa shape index (κ2) is 11.6. The summed E-state index contributed by atoms with van der Waals surface area (Å²) in [5.41, 5.74) is 2.51. The number of carbonyl (C=O) groups excluding carboxylic acids is 1. The molecule has 2 heterocycles. The fraction of sp³-hybridized carbons (Fsp3) is 0.296. The molecule has 0 saturated carbocycles. The summed E-state index contributed by atoms with van der Waals surface area (Å²) in [7, 11) is 0. The van der Waals surface area contributed by atoms with Crippen LogP contribution in [0.5, 0.6) is 11.5 Å². The van der Waals surface area contributed by atoms with Crippen molar-refractivity contribution < 1.29 is 14.3 Å². The number of benzene rings is 2. The first-order chi connectivity index (χ1) is 17.4. The maximum absolute atomic E-state index is 13.3. The summed E-state index contributed by atoms with van der Waals surface area (Å²) in [6, 6.07) is 13.1. The Morgan fingerprint density at radius 1 is 1.08 bits per heavy atom. The van der Waals surface area contributed by atoms with Crippen molar-refractivity contribution in [3.8, 4) is 22.6 Å². The topological polar surface area (TPSA) is 82.5 Å². The van der Waals surface area contributed by atoms with Gasteiger partial charge in [-0.2, -0.15) is 0 Å². The van der Waals surface area contributed by atoms with Crippen molar-refractivity contribution in [3.63, 3.8) is 0 Å². The number of nitrogens with one attached hydrogen (secondary N) is 1. The van der Waals surface area contributed by atoms with Crippen LogP contribution in [-0.4, -0.2) is 35.2 Å². The summed E-state index contributed by atoms with van der Waals surface area (Å²) in [4.78, 5) is 32.0. The lowest BCUT2D eigenvalue weighted by Crippen LogP contribution is -2.33. The van der Waals surface area contributed by atoms with Crippen molar-refractivity contribution >= 4 is 39.1 Å². The standard InChI is InChI=1S/C27H28ClN3O4S/c1-4-34-21-11-6-18(14-22(21)35-5-2)12-13-29-23(32)15-31-16-30-26-25(27(31)33)24(17(3)36-26)19-7-9-20(28)10-8-19/h6-11,14,16H,4-5,12-13,15H2,1-3H3,(H,29,32). The van der Waals surface area contributed by atoms with Crippen LogP contribution in [0.25, 0.3) is 21.3 Å². The normalized spacial score (nSPS) is 11.0. The predicted octanol–water partition coefficient (Wildman–Crippen LogP) is 5.24. The number of ether oxygens (including phenoxy) is 2. The molecule has 4 rings (SSSR count). The molecule has 36 heavy (non-hydrogen) atoms. The molecule has 9 heteroatoms. The summed E-state index contributed by atoms with van der Waals surface area (Å²) in [6.07, 6.45) is 2.06. The molecule has 4 aromatic rings. The molecule has 0 radical (unpaired) electrons. The lowest BCUT2D eigenvalue weighted by Gasteiger charge is -2.13. The van der Waals surface area contributed by atoms with Crippen LogP contribution in [0.1, 0.15) is 24.3 Å². The molecule has 2 aromatic carbocycles. The summed E-state index contributed by atoms with van der Waals surface area (Å²) in [5, 5.41) is 4.04. The highest BCUT2D eigenvalue weighted by Crippen LogP contribution is 2.35. The molecule has 0 aliphatic rings. The lowest BCUT2D eigenvalue weighted by molar-refractivity contribution is -0.121. The molecule has 0 spiro atoms. The number of hydrogen-bond acceptors (Lipinski definition) is 6. The number of aryl methyl sites for hydroxylation is 1. The SMILES string of the molecule is CCOc1ccc(CCNC(=O)Cn2cnc3sc(C)c(-c4ccc(Cl)cc4)c3c2=O)cc1OCC. The third-order valence-corrected chi connectivity index (χ3v) is 6.91. The fourth-order valence-electron chi connectivity index (χ4n) is 4.02. The van der Waals surface area contributed by atoms with Gasteiger partial charge < -0.3 is 14.8 Å². The van der Waals surface area contributed by atoms with E-state index in [0.717, 1.165) is 21.6 Å². The van der Waals surface area contributed by atoms with Gasteiger partial charge in [0.25, 0.3) is 5.56 Å². The van der Waals surface area contributed by atoms with Gasteiger partial charge in [-0.3, -0.25) is 14.2 Å². The van der Waals surface area contributed by atoms with E-state index in [9.17, 15) is 9.59 Å². The second-order valence-corrected chi connectivity index (χ2v) is 9.78. The zero-order valence-corrected chi connectivity index (χ0v) is 22.0. The van der Waals surface area contributed by atoms with Gasteiger partial charge in [-0.15, -0.1) is 11.3 Å². The Hall–Kier alpha value is -3.36. The zero-order chi connectivity index (χ0) is 25.7. The van der Waals surface area contributed by atoms with E-state index in [0.29, 0.717) is 52.9 Å². The van der Waals surface area contributed by atoms with Crippen LogP contribution in [0.4, 0.5) is 0 Å². The van der Waals surface area contributed by atoms with Crippen molar-refractivity contribution in [1.29, 1.82) is 0 Å². The van der Waals surface area contributed by atoms with Crippen molar-refractivity contribution in [2.75, 3.05) is 19.8 Å². The average Bonchev–Trinajstić information content (AvgIpc) is 3.20. The number of aromatic nitrogens is 2. The summed E-state index contributed by atoms with van der Waals surface area (Å²) in [6.45, 7) is 7.23. The van der Waals surface area contributed by atoms with Crippen LogP contribution in [0.3, 0.4) is 0 Å². The van der Waals surface area contributed by atoms with Crippen LogP contribution < -0.4 is 20.3 Å². The number of hydrogen-bond donors (Lipinski definition) is 1. The summed E-state index contributed by atoms with van der Waals surface area (Å²) >= 11 is 7.50. The minimum atomic E-state index is -0.255.